The summed E-state index contributed by atoms with van der Waals surface area (Å²) >= 11 is 6.01. The van der Waals surface area contributed by atoms with Crippen molar-refractivity contribution < 1.29 is 23.8 Å². The molecule has 4 rings (SSSR count). The Bertz CT molecular complexity index is 1260. The molecule has 0 atom stereocenters. The fourth-order valence-electron chi connectivity index (χ4n) is 3.50. The number of carboxylic acid groups (broad SMARTS) is 1. The van der Waals surface area contributed by atoms with Crippen molar-refractivity contribution in [3.05, 3.63) is 106 Å². The Morgan fingerprint density at radius 3 is 2.03 bits per heavy atom. The van der Waals surface area contributed by atoms with Crippen LogP contribution in [0.25, 0.3) is 5.69 Å². The highest BCUT2D eigenvalue weighted by Crippen LogP contribution is 2.30. The minimum absolute atomic E-state index is 0.0762. The summed E-state index contributed by atoms with van der Waals surface area (Å²) in [6, 6.07) is 14.8. The van der Waals surface area contributed by atoms with Gasteiger partial charge in [-0.15, -0.1) is 5.10 Å². The van der Waals surface area contributed by atoms with Crippen LogP contribution in [0.4, 0.5) is 8.78 Å². The lowest BCUT2D eigenvalue weighted by molar-refractivity contribution is 0.0693. The molecule has 0 spiro atoms. The Morgan fingerprint density at radius 1 is 0.941 bits per heavy atom. The van der Waals surface area contributed by atoms with E-state index in [2.05, 4.69) is 10.3 Å². The van der Waals surface area contributed by atoms with Crippen LogP contribution in [0.3, 0.4) is 0 Å². The molecule has 3 aromatic carbocycles. The van der Waals surface area contributed by atoms with Gasteiger partial charge in [-0.05, 0) is 47.5 Å². The van der Waals surface area contributed by atoms with Crippen molar-refractivity contribution in [1.82, 2.24) is 19.9 Å². The number of hydrogen-bond acceptors (Lipinski definition) is 5. The van der Waals surface area contributed by atoms with Gasteiger partial charge in [-0.2, -0.15) is 0 Å². The molecule has 0 bridgehead atoms. The molecule has 10 heteroatoms. The van der Waals surface area contributed by atoms with E-state index in [0.29, 0.717) is 25.3 Å². The van der Waals surface area contributed by atoms with Crippen LogP contribution >= 0.6 is 11.6 Å². The van der Waals surface area contributed by atoms with Crippen molar-refractivity contribution in [2.75, 3.05) is 0 Å². The molecule has 4 aromatic rings. The first-order valence-electron chi connectivity index (χ1n) is 10.2. The Morgan fingerprint density at radius 2 is 1.50 bits per heavy atom. The number of aromatic hydroxyl groups is 1. The van der Waals surface area contributed by atoms with E-state index in [1.54, 1.807) is 30.5 Å². The molecule has 2 N–H and O–H groups in total. The van der Waals surface area contributed by atoms with Gasteiger partial charge in [0.25, 0.3) is 0 Å². The first-order valence-corrected chi connectivity index (χ1v) is 10.5. The largest absolute Gasteiger partial charge is 0.505 e. The number of nitrogens with zero attached hydrogens (tertiary/aromatic N) is 4. The first-order chi connectivity index (χ1) is 16.3. The lowest BCUT2D eigenvalue weighted by Gasteiger charge is -2.21. The summed E-state index contributed by atoms with van der Waals surface area (Å²) in [5, 5.41) is 27.9. The van der Waals surface area contributed by atoms with Gasteiger partial charge in [0.1, 0.15) is 22.9 Å². The summed E-state index contributed by atoms with van der Waals surface area (Å²) < 4.78 is 27.9. The fraction of sp³-hybridized carbons (Fsp3) is 0.125. The number of carbonyl (C=O) groups is 1. The van der Waals surface area contributed by atoms with E-state index in [4.69, 9.17) is 11.6 Å². The van der Waals surface area contributed by atoms with Crippen LogP contribution in [0.5, 0.6) is 5.75 Å². The van der Waals surface area contributed by atoms with Gasteiger partial charge in [0.05, 0.1) is 11.9 Å². The standard InChI is InChI=1S/C24H19ClF2N4O3/c25-17-9-21(24(33)34)23(32)22(10-17)31-14-20(28-29-31)13-30(11-15-1-5-18(26)6-2-15)12-16-3-7-19(27)8-4-16/h1-10,14,32H,11-13H2,(H,33,34). The van der Waals surface area contributed by atoms with Gasteiger partial charge in [0.2, 0.25) is 0 Å². The molecule has 0 unspecified atom stereocenters. The highest BCUT2D eigenvalue weighted by molar-refractivity contribution is 6.31. The van der Waals surface area contributed by atoms with E-state index < -0.39 is 11.7 Å². The summed E-state index contributed by atoms with van der Waals surface area (Å²) in [7, 11) is 0. The zero-order valence-corrected chi connectivity index (χ0v) is 18.5. The minimum Gasteiger partial charge on any atom is -0.505 e. The number of carboxylic acids is 1. The molecule has 0 aliphatic rings. The van der Waals surface area contributed by atoms with Crippen molar-refractivity contribution in [2.45, 2.75) is 19.6 Å². The SMILES string of the molecule is O=C(O)c1cc(Cl)cc(-n2cc(CN(Cc3ccc(F)cc3)Cc3ccc(F)cc3)nn2)c1O. The van der Waals surface area contributed by atoms with Crippen molar-refractivity contribution in [3.63, 3.8) is 0 Å². The average molecular weight is 485 g/mol. The quantitative estimate of drug-likeness (QED) is 0.373. The van der Waals surface area contributed by atoms with Crippen LogP contribution in [0.2, 0.25) is 5.02 Å². The van der Waals surface area contributed by atoms with E-state index >= 15 is 0 Å². The summed E-state index contributed by atoms with van der Waals surface area (Å²) in [5.41, 5.74) is 1.99. The van der Waals surface area contributed by atoms with Crippen molar-refractivity contribution in [2.24, 2.45) is 0 Å². The third-order valence-electron chi connectivity index (χ3n) is 5.10. The third kappa shape index (κ3) is 5.56. The van der Waals surface area contributed by atoms with Crippen molar-refractivity contribution in [1.29, 1.82) is 0 Å². The Kier molecular flexibility index (Phi) is 6.85. The molecular weight excluding hydrogens is 466 g/mol. The number of aromatic nitrogens is 3. The van der Waals surface area contributed by atoms with E-state index in [1.165, 1.54) is 35.0 Å². The number of aromatic carboxylic acids is 1. The Labute approximate surface area is 198 Å². The van der Waals surface area contributed by atoms with Crippen LogP contribution in [-0.2, 0) is 19.6 Å². The molecule has 0 saturated heterocycles. The molecule has 34 heavy (non-hydrogen) atoms. The predicted molar refractivity (Wildman–Crippen MR) is 121 cm³/mol. The highest BCUT2D eigenvalue weighted by Gasteiger charge is 2.18. The number of benzene rings is 3. The topological polar surface area (TPSA) is 91.5 Å². The van der Waals surface area contributed by atoms with Crippen LogP contribution in [0.15, 0.2) is 66.9 Å². The molecule has 0 amide bonds. The van der Waals surface area contributed by atoms with Crippen molar-refractivity contribution in [3.8, 4) is 11.4 Å². The summed E-state index contributed by atoms with van der Waals surface area (Å²) in [6.45, 7) is 1.23. The van der Waals surface area contributed by atoms with Crippen LogP contribution < -0.4 is 0 Å². The van der Waals surface area contributed by atoms with Gasteiger partial charge in [-0.25, -0.2) is 18.3 Å². The first kappa shape index (κ1) is 23.3. The molecule has 0 aliphatic carbocycles. The zero-order valence-electron chi connectivity index (χ0n) is 17.7. The van der Waals surface area contributed by atoms with Gasteiger partial charge >= 0.3 is 5.97 Å². The molecular formula is C24H19ClF2N4O3. The third-order valence-corrected chi connectivity index (χ3v) is 5.32. The molecule has 0 saturated carbocycles. The number of phenols is 1. The molecule has 0 aliphatic heterocycles. The van der Waals surface area contributed by atoms with Gasteiger partial charge in [-0.3, -0.25) is 4.90 Å². The molecule has 0 radical (unpaired) electrons. The maximum Gasteiger partial charge on any atom is 0.339 e. The summed E-state index contributed by atoms with van der Waals surface area (Å²) in [6.07, 6.45) is 1.55. The number of rotatable bonds is 8. The second-order valence-corrected chi connectivity index (χ2v) is 8.12. The minimum atomic E-state index is -1.33. The van der Waals surface area contributed by atoms with E-state index in [0.717, 1.165) is 17.2 Å². The van der Waals surface area contributed by atoms with E-state index in [-0.39, 0.29) is 27.9 Å². The predicted octanol–water partition coefficient (Wildman–Crippen LogP) is 4.81. The van der Waals surface area contributed by atoms with Crippen LogP contribution in [0, 0.1) is 11.6 Å². The fourth-order valence-corrected chi connectivity index (χ4v) is 3.72. The second-order valence-electron chi connectivity index (χ2n) is 7.68. The Hall–Kier alpha value is -3.82. The van der Waals surface area contributed by atoms with E-state index in [1.807, 2.05) is 4.90 Å². The number of halogens is 3. The maximum absolute atomic E-state index is 13.3. The van der Waals surface area contributed by atoms with Gasteiger partial charge in [-0.1, -0.05) is 41.1 Å². The van der Waals surface area contributed by atoms with Gasteiger partial charge in [0.15, 0.2) is 5.75 Å². The summed E-state index contributed by atoms with van der Waals surface area (Å²) in [5.74, 6) is -2.48. The van der Waals surface area contributed by atoms with Crippen LogP contribution in [-0.4, -0.2) is 36.1 Å². The zero-order chi connectivity index (χ0) is 24.2. The maximum atomic E-state index is 13.3. The molecule has 1 heterocycles. The normalized spacial score (nSPS) is 11.2. The lowest BCUT2D eigenvalue weighted by atomic mass is 10.1. The smallest absolute Gasteiger partial charge is 0.339 e. The lowest BCUT2D eigenvalue weighted by Crippen LogP contribution is -2.22. The highest BCUT2D eigenvalue weighted by atomic mass is 35.5. The molecule has 7 nitrogen and oxygen atoms in total. The molecule has 1 aromatic heterocycles. The second kappa shape index (κ2) is 9.98. The molecule has 174 valence electrons. The molecule has 0 fully saturated rings. The van der Waals surface area contributed by atoms with Gasteiger partial charge in [0, 0.05) is 24.7 Å². The summed E-state index contributed by atoms with van der Waals surface area (Å²) in [4.78, 5) is 13.4. The Balaban J connectivity index is 1.60. The van der Waals surface area contributed by atoms with Crippen LogP contribution in [0.1, 0.15) is 27.2 Å². The monoisotopic (exact) mass is 484 g/mol. The number of hydrogen-bond donors (Lipinski definition) is 2. The van der Waals surface area contributed by atoms with Gasteiger partial charge < -0.3 is 10.2 Å². The van der Waals surface area contributed by atoms with Crippen molar-refractivity contribution >= 4 is 17.6 Å². The average Bonchev–Trinajstić information content (AvgIpc) is 3.26. The van der Waals surface area contributed by atoms with E-state index in [9.17, 15) is 23.8 Å².